The van der Waals surface area contributed by atoms with Gasteiger partial charge in [-0.25, -0.2) is 4.98 Å². The summed E-state index contributed by atoms with van der Waals surface area (Å²) in [6.07, 6.45) is 4.63. The molecule has 0 radical (unpaired) electrons. The van der Waals surface area contributed by atoms with Crippen LogP contribution in [0.25, 0.3) is 0 Å². The number of hydrogen-bond donors (Lipinski definition) is 2. The van der Waals surface area contributed by atoms with E-state index in [1.54, 1.807) is 36.7 Å². The van der Waals surface area contributed by atoms with Gasteiger partial charge in [0.05, 0.1) is 11.1 Å². The van der Waals surface area contributed by atoms with E-state index < -0.39 is 11.8 Å². The van der Waals surface area contributed by atoms with Crippen LogP contribution in [0.1, 0.15) is 31.8 Å². The molecule has 2 N–H and O–H groups in total. The van der Waals surface area contributed by atoms with Gasteiger partial charge in [0.2, 0.25) is 0 Å². The summed E-state index contributed by atoms with van der Waals surface area (Å²) in [6.45, 7) is 4.05. The van der Waals surface area contributed by atoms with Crippen LogP contribution in [0, 0.1) is 13.8 Å². The Hall–Kier alpha value is -3.19. The molecule has 3 rings (SSSR count). The summed E-state index contributed by atoms with van der Waals surface area (Å²) in [5.74, 6) is -0.878. The van der Waals surface area contributed by atoms with Crippen LogP contribution in [-0.4, -0.2) is 21.8 Å². The van der Waals surface area contributed by atoms with Crippen LogP contribution in [0.15, 0.2) is 71.0 Å². The summed E-state index contributed by atoms with van der Waals surface area (Å²) >= 11 is 1.41. The number of nitrogens with zero attached hydrogens (tertiary/aromatic N) is 2. The highest BCUT2D eigenvalue weighted by molar-refractivity contribution is 7.99. The summed E-state index contributed by atoms with van der Waals surface area (Å²) in [4.78, 5) is 33.8. The highest BCUT2D eigenvalue weighted by Gasteiger charge is 2.15. The van der Waals surface area contributed by atoms with E-state index in [4.69, 9.17) is 0 Å². The Morgan fingerprint density at radius 3 is 2.48 bits per heavy atom. The van der Waals surface area contributed by atoms with Crippen molar-refractivity contribution in [3.63, 3.8) is 0 Å². The molecule has 0 fully saturated rings. The van der Waals surface area contributed by atoms with Gasteiger partial charge in [0.1, 0.15) is 5.03 Å². The molecule has 3 aromatic rings. The summed E-state index contributed by atoms with van der Waals surface area (Å²) in [7, 11) is 0. The first-order valence-corrected chi connectivity index (χ1v) is 9.07. The van der Waals surface area contributed by atoms with Gasteiger partial charge in [-0.2, -0.15) is 0 Å². The number of carbonyl (C=O) groups is 2. The number of amides is 2. The Kier molecular flexibility index (Phi) is 5.83. The number of nitrogens with one attached hydrogen (secondary N) is 2. The lowest BCUT2D eigenvalue weighted by molar-refractivity contribution is 0.0844. The molecular weight excluding hydrogens is 360 g/mol. The monoisotopic (exact) mass is 378 g/mol. The predicted molar refractivity (Wildman–Crippen MR) is 103 cm³/mol. The highest BCUT2D eigenvalue weighted by atomic mass is 32.2. The maximum atomic E-state index is 12.5. The number of aromatic nitrogens is 2. The first-order valence-electron chi connectivity index (χ1n) is 8.25. The third-order valence-corrected chi connectivity index (χ3v) is 4.96. The van der Waals surface area contributed by atoms with Crippen LogP contribution in [0.4, 0.5) is 0 Å². The van der Waals surface area contributed by atoms with Crippen molar-refractivity contribution >= 4 is 23.6 Å². The first kappa shape index (κ1) is 18.6. The fourth-order valence-electron chi connectivity index (χ4n) is 2.41. The molecule has 0 unspecified atom stereocenters. The molecule has 2 aromatic heterocycles. The predicted octanol–water partition coefficient (Wildman–Crippen LogP) is 3.32. The highest BCUT2D eigenvalue weighted by Crippen LogP contribution is 2.31. The van der Waals surface area contributed by atoms with E-state index in [2.05, 4.69) is 26.9 Å². The number of hydrazine groups is 1. The molecule has 0 aliphatic carbocycles. The fraction of sp³-hybridized carbons (Fsp3) is 0.100. The Bertz CT molecular complexity index is 977. The minimum Gasteiger partial charge on any atom is -0.267 e. The lowest BCUT2D eigenvalue weighted by Gasteiger charge is -2.11. The molecule has 0 aliphatic heterocycles. The van der Waals surface area contributed by atoms with Crippen molar-refractivity contribution in [1.29, 1.82) is 0 Å². The number of hydrogen-bond acceptors (Lipinski definition) is 5. The van der Waals surface area contributed by atoms with Crippen molar-refractivity contribution < 1.29 is 9.59 Å². The van der Waals surface area contributed by atoms with Crippen molar-refractivity contribution in [2.75, 3.05) is 0 Å². The largest absolute Gasteiger partial charge is 0.272 e. The van der Waals surface area contributed by atoms with Crippen molar-refractivity contribution in [2.45, 2.75) is 23.8 Å². The van der Waals surface area contributed by atoms with Crippen LogP contribution in [0.2, 0.25) is 0 Å². The van der Waals surface area contributed by atoms with Gasteiger partial charge in [-0.3, -0.25) is 25.4 Å². The number of pyridine rings is 2. The maximum absolute atomic E-state index is 12.5. The average molecular weight is 378 g/mol. The second kappa shape index (κ2) is 8.46. The second-order valence-electron chi connectivity index (χ2n) is 5.88. The molecule has 2 heterocycles. The van der Waals surface area contributed by atoms with Crippen LogP contribution in [-0.2, 0) is 0 Å². The Morgan fingerprint density at radius 1 is 0.963 bits per heavy atom. The molecule has 7 heteroatoms. The molecule has 0 aliphatic rings. The van der Waals surface area contributed by atoms with Gasteiger partial charge in [-0.05, 0) is 49.7 Å². The number of benzene rings is 1. The van der Waals surface area contributed by atoms with Gasteiger partial charge < -0.3 is 0 Å². The maximum Gasteiger partial charge on any atom is 0.272 e. The van der Waals surface area contributed by atoms with Gasteiger partial charge >= 0.3 is 0 Å². The zero-order chi connectivity index (χ0) is 19.2. The average Bonchev–Trinajstić information content (AvgIpc) is 2.69. The van der Waals surface area contributed by atoms with Gasteiger partial charge in [0.25, 0.3) is 11.8 Å². The van der Waals surface area contributed by atoms with Crippen molar-refractivity contribution in [2.24, 2.45) is 0 Å². The summed E-state index contributed by atoms with van der Waals surface area (Å²) in [6, 6.07) is 12.7. The summed E-state index contributed by atoms with van der Waals surface area (Å²) in [5.41, 5.74) is 7.85. The summed E-state index contributed by atoms with van der Waals surface area (Å²) < 4.78 is 0. The van der Waals surface area contributed by atoms with E-state index in [-0.39, 0.29) is 0 Å². The van der Waals surface area contributed by atoms with Crippen LogP contribution in [0.3, 0.4) is 0 Å². The van der Waals surface area contributed by atoms with Crippen LogP contribution < -0.4 is 10.9 Å². The van der Waals surface area contributed by atoms with Gasteiger partial charge in [0.15, 0.2) is 0 Å². The molecule has 0 bridgehead atoms. The number of aryl methyl sites for hydroxylation is 2. The normalized spacial score (nSPS) is 10.3. The van der Waals surface area contributed by atoms with E-state index in [1.165, 1.54) is 23.5 Å². The Labute approximate surface area is 161 Å². The standard InChI is InChI=1S/C20H18N4O2S/c1-13-7-8-17(14(2)11-13)27-20-16(6-4-10-22-20)19(26)24-23-18(25)15-5-3-9-21-12-15/h3-12H,1-2H3,(H,23,25)(H,24,26). The van der Waals surface area contributed by atoms with Crippen LogP contribution >= 0.6 is 11.8 Å². The van der Waals surface area contributed by atoms with Gasteiger partial charge in [0, 0.05) is 23.5 Å². The van der Waals surface area contributed by atoms with E-state index >= 15 is 0 Å². The smallest absolute Gasteiger partial charge is 0.267 e. The molecule has 1 aromatic carbocycles. The lowest BCUT2D eigenvalue weighted by Crippen LogP contribution is -2.41. The van der Waals surface area contributed by atoms with Crippen molar-refractivity contribution in [3.8, 4) is 0 Å². The van der Waals surface area contributed by atoms with E-state index in [0.717, 1.165) is 10.5 Å². The topological polar surface area (TPSA) is 84.0 Å². The zero-order valence-corrected chi connectivity index (χ0v) is 15.7. The molecule has 27 heavy (non-hydrogen) atoms. The summed E-state index contributed by atoms with van der Waals surface area (Å²) in [5, 5.41) is 0.567. The van der Waals surface area contributed by atoms with Crippen LogP contribution in [0.5, 0.6) is 0 Å². The quantitative estimate of drug-likeness (QED) is 0.681. The molecular formula is C20H18N4O2S. The van der Waals surface area contributed by atoms with Gasteiger partial charge in [-0.1, -0.05) is 29.5 Å². The molecule has 136 valence electrons. The Balaban J connectivity index is 1.73. The number of carbonyl (C=O) groups excluding carboxylic acids is 2. The zero-order valence-electron chi connectivity index (χ0n) is 14.9. The Morgan fingerprint density at radius 2 is 1.74 bits per heavy atom. The molecule has 0 atom stereocenters. The minimum absolute atomic E-state index is 0.355. The van der Waals surface area contributed by atoms with E-state index in [9.17, 15) is 9.59 Å². The van der Waals surface area contributed by atoms with Crippen molar-refractivity contribution in [3.05, 3.63) is 83.3 Å². The van der Waals surface area contributed by atoms with Crippen molar-refractivity contribution in [1.82, 2.24) is 20.8 Å². The van der Waals surface area contributed by atoms with Gasteiger partial charge in [-0.15, -0.1) is 0 Å². The molecule has 0 spiro atoms. The number of rotatable bonds is 4. The minimum atomic E-state index is -0.441. The fourth-order valence-corrected chi connectivity index (χ4v) is 3.36. The molecule has 0 saturated heterocycles. The third-order valence-electron chi connectivity index (χ3n) is 3.77. The first-order chi connectivity index (χ1) is 13.0. The second-order valence-corrected chi connectivity index (χ2v) is 6.91. The third kappa shape index (κ3) is 4.71. The molecule has 0 saturated carbocycles. The van der Waals surface area contributed by atoms with E-state index in [1.807, 2.05) is 26.0 Å². The van der Waals surface area contributed by atoms with E-state index in [0.29, 0.717) is 16.2 Å². The molecule has 6 nitrogen and oxygen atoms in total. The molecule has 2 amide bonds. The SMILES string of the molecule is Cc1ccc(Sc2ncccc2C(=O)NNC(=O)c2cccnc2)c(C)c1. The lowest BCUT2D eigenvalue weighted by atomic mass is 10.2.